The van der Waals surface area contributed by atoms with Crippen LogP contribution in [0.4, 0.5) is 5.82 Å². The SMILES string of the molecule is CC1(c2ccccc2)CN(c2nc(-c3ccncc3)nc3c2CCC3)CCO1. The molecule has 5 rings (SSSR count). The van der Waals surface area contributed by atoms with E-state index in [2.05, 4.69) is 41.1 Å². The summed E-state index contributed by atoms with van der Waals surface area (Å²) in [6.45, 7) is 4.51. The van der Waals surface area contributed by atoms with Crippen molar-refractivity contribution in [2.45, 2.75) is 31.8 Å². The Morgan fingerprint density at radius 2 is 1.82 bits per heavy atom. The van der Waals surface area contributed by atoms with Crippen molar-refractivity contribution < 1.29 is 4.74 Å². The van der Waals surface area contributed by atoms with Crippen LogP contribution in [0.25, 0.3) is 11.4 Å². The molecule has 142 valence electrons. The Labute approximate surface area is 165 Å². The molecule has 5 nitrogen and oxygen atoms in total. The van der Waals surface area contributed by atoms with Gasteiger partial charge in [-0.1, -0.05) is 30.3 Å². The van der Waals surface area contributed by atoms with Crippen LogP contribution in [-0.4, -0.2) is 34.6 Å². The molecule has 0 spiro atoms. The first kappa shape index (κ1) is 17.3. The summed E-state index contributed by atoms with van der Waals surface area (Å²) in [5.41, 5.74) is 4.40. The minimum Gasteiger partial charge on any atom is -0.367 e. The third-order valence-corrected chi connectivity index (χ3v) is 5.81. The third kappa shape index (κ3) is 3.06. The second-order valence-corrected chi connectivity index (χ2v) is 7.75. The van der Waals surface area contributed by atoms with Gasteiger partial charge >= 0.3 is 0 Å². The molecule has 1 aromatic carbocycles. The van der Waals surface area contributed by atoms with Gasteiger partial charge in [-0.2, -0.15) is 0 Å². The van der Waals surface area contributed by atoms with Crippen LogP contribution in [0.5, 0.6) is 0 Å². The minimum atomic E-state index is -0.340. The Hall–Kier alpha value is -2.79. The summed E-state index contributed by atoms with van der Waals surface area (Å²) in [6, 6.07) is 14.5. The number of nitrogens with zero attached hydrogens (tertiary/aromatic N) is 4. The maximum atomic E-state index is 6.24. The van der Waals surface area contributed by atoms with Crippen molar-refractivity contribution in [2.75, 3.05) is 24.6 Å². The molecule has 1 aliphatic heterocycles. The lowest BCUT2D eigenvalue weighted by Gasteiger charge is -2.42. The molecule has 1 atom stereocenters. The molecule has 1 unspecified atom stereocenters. The summed E-state index contributed by atoms with van der Waals surface area (Å²) in [5.74, 6) is 1.88. The zero-order chi connectivity index (χ0) is 19.0. The van der Waals surface area contributed by atoms with Crippen LogP contribution in [0.3, 0.4) is 0 Å². The Morgan fingerprint density at radius 1 is 1.00 bits per heavy atom. The number of benzene rings is 1. The van der Waals surface area contributed by atoms with Gasteiger partial charge in [0.1, 0.15) is 11.4 Å². The lowest BCUT2D eigenvalue weighted by Crippen LogP contribution is -2.49. The standard InChI is InChI=1S/C23H24N4O/c1-23(18-6-3-2-4-7-18)16-27(14-15-28-23)22-19-8-5-9-20(19)25-21(26-22)17-10-12-24-13-11-17/h2-4,6-7,10-13H,5,8-9,14-16H2,1H3. The monoisotopic (exact) mass is 372 g/mol. The normalized spacial score (nSPS) is 21.5. The van der Waals surface area contributed by atoms with Crippen LogP contribution in [0.15, 0.2) is 54.9 Å². The number of hydrogen-bond acceptors (Lipinski definition) is 5. The molecule has 0 N–H and O–H groups in total. The lowest BCUT2D eigenvalue weighted by atomic mass is 9.93. The van der Waals surface area contributed by atoms with Crippen molar-refractivity contribution in [3.8, 4) is 11.4 Å². The second-order valence-electron chi connectivity index (χ2n) is 7.75. The maximum absolute atomic E-state index is 6.24. The highest BCUT2D eigenvalue weighted by Gasteiger charge is 2.36. The average molecular weight is 372 g/mol. The molecule has 0 radical (unpaired) electrons. The molecule has 0 bridgehead atoms. The van der Waals surface area contributed by atoms with E-state index in [1.165, 1.54) is 16.8 Å². The summed E-state index contributed by atoms with van der Waals surface area (Å²) >= 11 is 0. The Morgan fingerprint density at radius 3 is 2.64 bits per heavy atom. The number of aryl methyl sites for hydroxylation is 1. The van der Waals surface area contributed by atoms with Gasteiger partial charge in [0.25, 0.3) is 0 Å². The summed E-state index contributed by atoms with van der Waals surface area (Å²) in [7, 11) is 0. The fourth-order valence-corrected chi connectivity index (χ4v) is 4.32. The number of morpholine rings is 1. The number of pyridine rings is 1. The highest BCUT2D eigenvalue weighted by Crippen LogP contribution is 2.36. The number of ether oxygens (including phenoxy) is 1. The van der Waals surface area contributed by atoms with Crippen LogP contribution in [-0.2, 0) is 23.2 Å². The molecule has 5 heteroatoms. The van der Waals surface area contributed by atoms with Crippen molar-refractivity contribution in [3.63, 3.8) is 0 Å². The van der Waals surface area contributed by atoms with Gasteiger partial charge in [0.15, 0.2) is 5.82 Å². The molecule has 28 heavy (non-hydrogen) atoms. The molecular weight excluding hydrogens is 348 g/mol. The van der Waals surface area contributed by atoms with Crippen molar-refractivity contribution >= 4 is 5.82 Å². The van der Waals surface area contributed by atoms with E-state index in [0.717, 1.165) is 49.6 Å². The highest BCUT2D eigenvalue weighted by atomic mass is 16.5. The molecule has 3 aromatic rings. The lowest BCUT2D eigenvalue weighted by molar-refractivity contribution is -0.0468. The number of rotatable bonds is 3. The van der Waals surface area contributed by atoms with Crippen LogP contribution in [0.2, 0.25) is 0 Å². The second kappa shape index (κ2) is 6.99. The quantitative estimate of drug-likeness (QED) is 0.700. The first-order chi connectivity index (χ1) is 13.7. The predicted molar refractivity (Wildman–Crippen MR) is 109 cm³/mol. The van der Waals surface area contributed by atoms with Crippen molar-refractivity contribution in [2.24, 2.45) is 0 Å². The van der Waals surface area contributed by atoms with Crippen LogP contribution in [0.1, 0.15) is 30.2 Å². The molecule has 2 aliphatic rings. The topological polar surface area (TPSA) is 51.1 Å². The summed E-state index contributed by atoms with van der Waals surface area (Å²) < 4.78 is 6.24. The molecule has 2 aromatic heterocycles. The summed E-state index contributed by atoms with van der Waals surface area (Å²) in [6.07, 6.45) is 6.83. The van der Waals surface area contributed by atoms with Gasteiger partial charge in [0.2, 0.25) is 0 Å². The van der Waals surface area contributed by atoms with Gasteiger partial charge < -0.3 is 9.64 Å². The van der Waals surface area contributed by atoms with Crippen LogP contribution >= 0.6 is 0 Å². The fourth-order valence-electron chi connectivity index (χ4n) is 4.32. The minimum absolute atomic E-state index is 0.340. The van der Waals surface area contributed by atoms with E-state index in [1.54, 1.807) is 12.4 Å². The summed E-state index contributed by atoms with van der Waals surface area (Å²) in [4.78, 5) is 16.4. The smallest absolute Gasteiger partial charge is 0.161 e. The molecular formula is C23H24N4O. The van der Waals surface area contributed by atoms with Gasteiger partial charge in [0.05, 0.1) is 13.2 Å². The van der Waals surface area contributed by atoms with Crippen molar-refractivity contribution in [1.82, 2.24) is 15.0 Å². The van der Waals surface area contributed by atoms with E-state index in [4.69, 9.17) is 14.7 Å². The first-order valence-electron chi connectivity index (χ1n) is 9.98. The predicted octanol–water partition coefficient (Wildman–Crippen LogP) is 3.78. The van der Waals surface area contributed by atoms with Gasteiger partial charge in [-0.05, 0) is 43.9 Å². The van der Waals surface area contributed by atoms with Gasteiger partial charge in [-0.15, -0.1) is 0 Å². The molecule has 1 saturated heterocycles. The van der Waals surface area contributed by atoms with E-state index in [9.17, 15) is 0 Å². The molecule has 0 amide bonds. The van der Waals surface area contributed by atoms with Gasteiger partial charge in [-0.25, -0.2) is 9.97 Å². The van der Waals surface area contributed by atoms with E-state index >= 15 is 0 Å². The summed E-state index contributed by atoms with van der Waals surface area (Å²) in [5, 5.41) is 0. The van der Waals surface area contributed by atoms with Crippen LogP contribution in [0, 0.1) is 0 Å². The zero-order valence-corrected chi connectivity index (χ0v) is 16.1. The van der Waals surface area contributed by atoms with Crippen molar-refractivity contribution in [3.05, 3.63) is 71.7 Å². The Bertz CT molecular complexity index is 977. The maximum Gasteiger partial charge on any atom is 0.161 e. The zero-order valence-electron chi connectivity index (χ0n) is 16.1. The molecule has 0 saturated carbocycles. The van der Waals surface area contributed by atoms with E-state index in [0.29, 0.717) is 6.61 Å². The molecule has 1 aliphatic carbocycles. The third-order valence-electron chi connectivity index (χ3n) is 5.81. The van der Waals surface area contributed by atoms with E-state index in [-0.39, 0.29) is 5.60 Å². The van der Waals surface area contributed by atoms with Crippen LogP contribution < -0.4 is 4.90 Å². The van der Waals surface area contributed by atoms with E-state index in [1.807, 2.05) is 18.2 Å². The van der Waals surface area contributed by atoms with E-state index < -0.39 is 0 Å². The highest BCUT2D eigenvalue weighted by molar-refractivity contribution is 5.61. The average Bonchev–Trinajstić information content (AvgIpc) is 3.23. The van der Waals surface area contributed by atoms with Gasteiger partial charge in [0, 0.05) is 35.8 Å². The molecule has 1 fully saturated rings. The number of anilines is 1. The Kier molecular flexibility index (Phi) is 4.32. The van der Waals surface area contributed by atoms with Gasteiger partial charge in [-0.3, -0.25) is 4.98 Å². The molecule has 3 heterocycles. The first-order valence-corrected chi connectivity index (χ1v) is 9.98. The number of aromatic nitrogens is 3. The fraction of sp³-hybridized carbons (Fsp3) is 0.348. The Balaban J connectivity index is 1.54. The number of hydrogen-bond donors (Lipinski definition) is 0. The van der Waals surface area contributed by atoms with Crippen molar-refractivity contribution in [1.29, 1.82) is 0 Å². The number of fused-ring (bicyclic) bond motifs is 1. The largest absolute Gasteiger partial charge is 0.367 e.